The molecule has 0 spiro atoms. The molecule has 2 heterocycles. The number of likely N-dealkylation sites (tertiary alicyclic amines) is 1. The molecule has 100 valence electrons. The van der Waals surface area contributed by atoms with E-state index in [1.165, 1.54) is 30.9 Å². The second kappa shape index (κ2) is 6.19. The summed E-state index contributed by atoms with van der Waals surface area (Å²) in [6.07, 6.45) is 3.24. The Labute approximate surface area is 111 Å². The molecule has 18 heavy (non-hydrogen) atoms. The summed E-state index contributed by atoms with van der Waals surface area (Å²) in [4.78, 5) is 7.00. The van der Waals surface area contributed by atoms with Gasteiger partial charge in [-0.25, -0.2) is 0 Å². The minimum atomic E-state index is 0.802. The third-order valence-electron chi connectivity index (χ3n) is 3.83. The fourth-order valence-corrected chi connectivity index (χ4v) is 2.66. The monoisotopic (exact) mass is 247 g/mol. The molecule has 0 bridgehead atoms. The molecule has 1 aliphatic rings. The number of anilines is 1. The van der Waals surface area contributed by atoms with Crippen LogP contribution in [0.15, 0.2) is 18.3 Å². The lowest BCUT2D eigenvalue weighted by molar-refractivity contribution is 0.294. The normalized spacial score (nSPS) is 20.6. The topological polar surface area (TPSA) is 28.2 Å². The van der Waals surface area contributed by atoms with Crippen molar-refractivity contribution in [1.82, 2.24) is 9.88 Å². The summed E-state index contributed by atoms with van der Waals surface area (Å²) < 4.78 is 0. The van der Waals surface area contributed by atoms with Crippen LogP contribution in [0.4, 0.5) is 5.69 Å². The minimum absolute atomic E-state index is 0.802. The molecule has 1 N–H and O–H groups in total. The lowest BCUT2D eigenvalue weighted by atomic mass is 9.95. The predicted molar refractivity (Wildman–Crippen MR) is 76.6 cm³/mol. The molecule has 1 aromatic heterocycles. The zero-order valence-corrected chi connectivity index (χ0v) is 11.8. The van der Waals surface area contributed by atoms with Crippen molar-refractivity contribution in [3.63, 3.8) is 0 Å². The SMILES string of the molecule is CCNc1ccnc(CN2CCC(C(C)C)C2)c1. The van der Waals surface area contributed by atoms with E-state index in [-0.39, 0.29) is 0 Å². The second-order valence-electron chi connectivity index (χ2n) is 5.59. The third kappa shape index (κ3) is 3.45. The summed E-state index contributed by atoms with van der Waals surface area (Å²) in [5.74, 6) is 1.66. The van der Waals surface area contributed by atoms with Crippen molar-refractivity contribution < 1.29 is 0 Å². The van der Waals surface area contributed by atoms with Crippen LogP contribution in [0.5, 0.6) is 0 Å². The molecule has 2 rings (SSSR count). The van der Waals surface area contributed by atoms with Crippen LogP contribution in [0.3, 0.4) is 0 Å². The molecule has 1 fully saturated rings. The van der Waals surface area contributed by atoms with Gasteiger partial charge in [-0.1, -0.05) is 13.8 Å². The Hall–Kier alpha value is -1.09. The highest BCUT2D eigenvalue weighted by atomic mass is 15.2. The molecule has 0 aromatic carbocycles. The summed E-state index contributed by atoms with van der Waals surface area (Å²) in [7, 11) is 0. The van der Waals surface area contributed by atoms with Crippen molar-refractivity contribution in [3.8, 4) is 0 Å². The maximum atomic E-state index is 4.47. The molecule has 3 heteroatoms. The first-order valence-electron chi connectivity index (χ1n) is 7.10. The number of aromatic nitrogens is 1. The fraction of sp³-hybridized carbons (Fsp3) is 0.667. The molecule has 0 aliphatic carbocycles. The van der Waals surface area contributed by atoms with Gasteiger partial charge in [0.15, 0.2) is 0 Å². The fourth-order valence-electron chi connectivity index (χ4n) is 2.66. The minimum Gasteiger partial charge on any atom is -0.385 e. The average Bonchev–Trinajstić information content (AvgIpc) is 2.78. The van der Waals surface area contributed by atoms with Crippen LogP contribution in [0.2, 0.25) is 0 Å². The molecule has 0 saturated carbocycles. The van der Waals surface area contributed by atoms with Crippen molar-refractivity contribution in [3.05, 3.63) is 24.0 Å². The van der Waals surface area contributed by atoms with Gasteiger partial charge in [-0.05, 0) is 43.9 Å². The first-order chi connectivity index (χ1) is 8.69. The van der Waals surface area contributed by atoms with E-state index in [0.29, 0.717) is 0 Å². The lowest BCUT2D eigenvalue weighted by Crippen LogP contribution is -2.22. The number of nitrogens with zero attached hydrogens (tertiary/aromatic N) is 2. The Balaban J connectivity index is 1.92. The number of hydrogen-bond donors (Lipinski definition) is 1. The van der Waals surface area contributed by atoms with Gasteiger partial charge in [-0.15, -0.1) is 0 Å². The van der Waals surface area contributed by atoms with Crippen LogP contribution in [0, 0.1) is 11.8 Å². The number of nitrogens with one attached hydrogen (secondary N) is 1. The maximum Gasteiger partial charge on any atom is 0.0564 e. The van der Waals surface area contributed by atoms with E-state index in [0.717, 1.165) is 24.9 Å². The van der Waals surface area contributed by atoms with Crippen LogP contribution in [0.25, 0.3) is 0 Å². The van der Waals surface area contributed by atoms with Gasteiger partial charge < -0.3 is 5.32 Å². The Morgan fingerprint density at radius 3 is 3.00 bits per heavy atom. The molecular formula is C15H25N3. The number of pyridine rings is 1. The van der Waals surface area contributed by atoms with Crippen molar-refractivity contribution in [2.75, 3.05) is 25.0 Å². The molecule has 3 nitrogen and oxygen atoms in total. The van der Waals surface area contributed by atoms with Gasteiger partial charge in [0.2, 0.25) is 0 Å². The van der Waals surface area contributed by atoms with Crippen LogP contribution in [-0.4, -0.2) is 29.5 Å². The van der Waals surface area contributed by atoms with E-state index in [1.54, 1.807) is 0 Å². The summed E-state index contributed by atoms with van der Waals surface area (Å²) in [6, 6.07) is 4.21. The van der Waals surface area contributed by atoms with Crippen molar-refractivity contribution in [1.29, 1.82) is 0 Å². The zero-order chi connectivity index (χ0) is 13.0. The summed E-state index contributed by atoms with van der Waals surface area (Å²) in [5, 5.41) is 3.34. The Morgan fingerprint density at radius 2 is 2.33 bits per heavy atom. The number of hydrogen-bond acceptors (Lipinski definition) is 3. The standard InChI is InChI=1S/C15H25N3/c1-4-16-14-5-7-17-15(9-14)11-18-8-6-13(10-18)12(2)3/h5,7,9,12-13H,4,6,8,10-11H2,1-3H3,(H,16,17). The van der Waals surface area contributed by atoms with Crippen molar-refractivity contribution in [2.45, 2.75) is 33.7 Å². The first-order valence-corrected chi connectivity index (χ1v) is 7.10. The molecular weight excluding hydrogens is 222 g/mol. The average molecular weight is 247 g/mol. The molecule has 1 aromatic rings. The summed E-state index contributed by atoms with van der Waals surface area (Å²) in [5.41, 5.74) is 2.36. The summed E-state index contributed by atoms with van der Waals surface area (Å²) in [6.45, 7) is 11.2. The number of rotatable bonds is 5. The zero-order valence-electron chi connectivity index (χ0n) is 11.8. The van der Waals surface area contributed by atoms with E-state index in [2.05, 4.69) is 42.0 Å². The van der Waals surface area contributed by atoms with Crippen LogP contribution in [-0.2, 0) is 6.54 Å². The van der Waals surface area contributed by atoms with E-state index in [1.807, 2.05) is 12.3 Å². The van der Waals surface area contributed by atoms with Crippen LogP contribution >= 0.6 is 0 Å². The highest BCUT2D eigenvalue weighted by molar-refractivity contribution is 5.42. The van der Waals surface area contributed by atoms with Crippen LogP contribution in [0.1, 0.15) is 32.9 Å². The first kappa shape index (κ1) is 13.3. The lowest BCUT2D eigenvalue weighted by Gasteiger charge is -2.17. The third-order valence-corrected chi connectivity index (χ3v) is 3.83. The highest BCUT2D eigenvalue weighted by Gasteiger charge is 2.24. The maximum absolute atomic E-state index is 4.47. The van der Waals surface area contributed by atoms with Gasteiger partial charge in [0.05, 0.1) is 5.69 Å². The van der Waals surface area contributed by atoms with Gasteiger partial charge in [0.25, 0.3) is 0 Å². The van der Waals surface area contributed by atoms with Gasteiger partial charge in [0.1, 0.15) is 0 Å². The van der Waals surface area contributed by atoms with Crippen LogP contribution < -0.4 is 5.32 Å². The predicted octanol–water partition coefficient (Wildman–Crippen LogP) is 2.99. The smallest absolute Gasteiger partial charge is 0.0564 e. The molecule has 1 unspecified atom stereocenters. The second-order valence-corrected chi connectivity index (χ2v) is 5.59. The van der Waals surface area contributed by atoms with Gasteiger partial charge in [-0.3, -0.25) is 9.88 Å². The molecule has 1 aliphatic heterocycles. The molecule has 0 amide bonds. The van der Waals surface area contributed by atoms with Crippen molar-refractivity contribution in [2.24, 2.45) is 11.8 Å². The summed E-state index contributed by atoms with van der Waals surface area (Å²) >= 11 is 0. The highest BCUT2D eigenvalue weighted by Crippen LogP contribution is 2.24. The van der Waals surface area contributed by atoms with Gasteiger partial charge in [0, 0.05) is 31.5 Å². The van der Waals surface area contributed by atoms with Gasteiger partial charge in [-0.2, -0.15) is 0 Å². The Kier molecular flexibility index (Phi) is 4.59. The van der Waals surface area contributed by atoms with E-state index >= 15 is 0 Å². The van der Waals surface area contributed by atoms with E-state index in [9.17, 15) is 0 Å². The van der Waals surface area contributed by atoms with Crippen molar-refractivity contribution >= 4 is 5.69 Å². The van der Waals surface area contributed by atoms with E-state index in [4.69, 9.17) is 0 Å². The Morgan fingerprint density at radius 1 is 1.50 bits per heavy atom. The molecule has 1 atom stereocenters. The van der Waals surface area contributed by atoms with Gasteiger partial charge >= 0.3 is 0 Å². The Bertz CT molecular complexity index is 376. The largest absolute Gasteiger partial charge is 0.385 e. The quantitative estimate of drug-likeness (QED) is 0.867. The van der Waals surface area contributed by atoms with E-state index < -0.39 is 0 Å². The molecule has 0 radical (unpaired) electrons. The molecule has 1 saturated heterocycles.